The van der Waals surface area contributed by atoms with E-state index in [-0.39, 0.29) is 5.56 Å². The molecule has 0 saturated carbocycles. The smallest absolute Gasteiger partial charge is 0.253 e. The molecule has 0 amide bonds. The highest BCUT2D eigenvalue weighted by molar-refractivity contribution is 5.83. The SMILES string of the molecule is COc1ccc(Cn2nnnc2C(c2cc3cc(OC)c(OC)cc3[nH]c2=O)N2CCCC(C)C2)cc1. The molecule has 4 aromatic rings. The molecule has 1 saturated heterocycles. The maximum atomic E-state index is 13.5. The fourth-order valence-corrected chi connectivity index (χ4v) is 5.14. The molecule has 1 fully saturated rings. The molecule has 0 aliphatic carbocycles. The van der Waals surface area contributed by atoms with Crippen LogP contribution < -0.4 is 19.8 Å². The molecule has 1 aliphatic rings. The molecule has 10 heteroatoms. The summed E-state index contributed by atoms with van der Waals surface area (Å²) in [4.78, 5) is 18.9. The molecule has 194 valence electrons. The number of benzene rings is 2. The van der Waals surface area contributed by atoms with Crippen molar-refractivity contribution in [2.24, 2.45) is 5.92 Å². The van der Waals surface area contributed by atoms with E-state index in [0.717, 1.165) is 42.6 Å². The normalized spacial score (nSPS) is 17.0. The van der Waals surface area contributed by atoms with Gasteiger partial charge in [0.1, 0.15) is 11.8 Å². The van der Waals surface area contributed by atoms with E-state index in [9.17, 15) is 4.79 Å². The average Bonchev–Trinajstić information content (AvgIpc) is 3.36. The van der Waals surface area contributed by atoms with Gasteiger partial charge in [0.2, 0.25) is 0 Å². The van der Waals surface area contributed by atoms with Gasteiger partial charge in [-0.3, -0.25) is 9.69 Å². The minimum absolute atomic E-state index is 0.179. The summed E-state index contributed by atoms with van der Waals surface area (Å²) < 4.78 is 18.0. The maximum absolute atomic E-state index is 13.5. The van der Waals surface area contributed by atoms with Crippen LogP contribution in [0.5, 0.6) is 17.2 Å². The van der Waals surface area contributed by atoms with E-state index < -0.39 is 6.04 Å². The van der Waals surface area contributed by atoms with E-state index in [1.807, 2.05) is 36.4 Å². The highest BCUT2D eigenvalue weighted by Crippen LogP contribution is 2.34. The third-order valence-electron chi connectivity index (χ3n) is 7.02. The van der Waals surface area contributed by atoms with Crippen molar-refractivity contribution in [3.8, 4) is 17.2 Å². The zero-order valence-electron chi connectivity index (χ0n) is 21.6. The molecule has 1 aliphatic heterocycles. The van der Waals surface area contributed by atoms with Gasteiger partial charge in [-0.15, -0.1) is 5.10 Å². The van der Waals surface area contributed by atoms with Crippen molar-refractivity contribution in [1.82, 2.24) is 30.1 Å². The number of aromatic nitrogens is 5. The van der Waals surface area contributed by atoms with Gasteiger partial charge >= 0.3 is 0 Å². The predicted octanol–water partition coefficient (Wildman–Crippen LogP) is 3.41. The number of fused-ring (bicyclic) bond motifs is 1. The fourth-order valence-electron chi connectivity index (χ4n) is 5.14. The first kappa shape index (κ1) is 24.8. The van der Waals surface area contributed by atoms with Crippen LogP contribution in [0.2, 0.25) is 0 Å². The second-order valence-electron chi connectivity index (χ2n) is 9.54. The van der Waals surface area contributed by atoms with Crippen molar-refractivity contribution >= 4 is 10.9 Å². The summed E-state index contributed by atoms with van der Waals surface area (Å²) in [5.41, 5.74) is 2.13. The molecule has 0 radical (unpaired) electrons. The lowest BCUT2D eigenvalue weighted by Gasteiger charge is -2.36. The molecule has 0 spiro atoms. The predicted molar refractivity (Wildman–Crippen MR) is 139 cm³/mol. The average molecular weight is 505 g/mol. The standard InChI is InChI=1S/C27H32N6O4/c1-17-6-5-11-32(15-17)25(26-29-30-31-33(26)16-18-7-9-20(35-2)10-8-18)21-12-19-13-23(36-3)24(37-4)14-22(19)28-27(21)34/h7-10,12-14,17,25H,5-6,11,15-16H2,1-4H3,(H,28,34). The summed E-state index contributed by atoms with van der Waals surface area (Å²) in [5, 5.41) is 13.6. The monoisotopic (exact) mass is 504 g/mol. The first-order valence-electron chi connectivity index (χ1n) is 12.4. The van der Waals surface area contributed by atoms with Crippen LogP contribution in [0.15, 0.2) is 47.3 Å². The summed E-state index contributed by atoms with van der Waals surface area (Å²) in [7, 11) is 4.82. The van der Waals surface area contributed by atoms with Gasteiger partial charge < -0.3 is 19.2 Å². The van der Waals surface area contributed by atoms with Crippen molar-refractivity contribution < 1.29 is 14.2 Å². The van der Waals surface area contributed by atoms with E-state index in [2.05, 4.69) is 32.3 Å². The number of likely N-dealkylation sites (tertiary alicyclic amines) is 1. The number of hydrogen-bond acceptors (Lipinski definition) is 8. The second-order valence-corrected chi connectivity index (χ2v) is 9.54. The molecule has 2 atom stereocenters. The molecule has 5 rings (SSSR count). The number of tetrazole rings is 1. The van der Waals surface area contributed by atoms with Gasteiger partial charge in [0, 0.05) is 23.6 Å². The Morgan fingerprint density at radius 3 is 2.51 bits per heavy atom. The van der Waals surface area contributed by atoms with Gasteiger partial charge in [-0.05, 0) is 65.6 Å². The van der Waals surface area contributed by atoms with E-state index in [1.165, 1.54) is 0 Å². The Hall–Kier alpha value is -3.92. The van der Waals surface area contributed by atoms with E-state index in [0.29, 0.717) is 40.9 Å². The Labute approximate surface area is 215 Å². The summed E-state index contributed by atoms with van der Waals surface area (Å²) in [6, 6.07) is 13.0. The van der Waals surface area contributed by atoms with Crippen LogP contribution in [0.25, 0.3) is 10.9 Å². The zero-order chi connectivity index (χ0) is 25.9. The van der Waals surface area contributed by atoms with Crippen molar-refractivity contribution in [3.05, 3.63) is 69.8 Å². The number of H-pyrrole nitrogens is 1. The number of nitrogens with zero attached hydrogens (tertiary/aromatic N) is 5. The van der Waals surface area contributed by atoms with Gasteiger partial charge in [0.05, 0.1) is 33.4 Å². The molecule has 0 bridgehead atoms. The summed E-state index contributed by atoms with van der Waals surface area (Å²) >= 11 is 0. The number of rotatable bonds is 8. The fraction of sp³-hybridized carbons (Fsp3) is 0.407. The van der Waals surface area contributed by atoms with Crippen LogP contribution in [0, 0.1) is 5.92 Å². The van der Waals surface area contributed by atoms with Crippen LogP contribution in [-0.4, -0.2) is 64.5 Å². The van der Waals surface area contributed by atoms with Crippen LogP contribution in [0.1, 0.15) is 42.8 Å². The Balaban J connectivity index is 1.61. The molecular formula is C27H32N6O4. The molecule has 3 heterocycles. The first-order chi connectivity index (χ1) is 18.0. The van der Waals surface area contributed by atoms with Gasteiger partial charge in [0.15, 0.2) is 17.3 Å². The number of ether oxygens (including phenoxy) is 3. The first-order valence-corrected chi connectivity index (χ1v) is 12.4. The second kappa shape index (κ2) is 10.6. The molecular weight excluding hydrogens is 472 g/mol. The minimum Gasteiger partial charge on any atom is -0.497 e. The van der Waals surface area contributed by atoms with Gasteiger partial charge in [-0.1, -0.05) is 19.1 Å². The lowest BCUT2D eigenvalue weighted by atomic mass is 9.95. The zero-order valence-corrected chi connectivity index (χ0v) is 21.6. The third kappa shape index (κ3) is 5.01. The van der Waals surface area contributed by atoms with Crippen molar-refractivity contribution in [2.75, 3.05) is 34.4 Å². The van der Waals surface area contributed by atoms with Gasteiger partial charge in [-0.2, -0.15) is 0 Å². The quantitative estimate of drug-likeness (QED) is 0.389. The number of hydrogen-bond donors (Lipinski definition) is 1. The maximum Gasteiger partial charge on any atom is 0.253 e. The Morgan fingerprint density at radius 2 is 1.81 bits per heavy atom. The molecule has 2 unspecified atom stereocenters. The number of pyridine rings is 1. The molecule has 2 aromatic carbocycles. The van der Waals surface area contributed by atoms with Crippen molar-refractivity contribution in [2.45, 2.75) is 32.4 Å². The molecule has 10 nitrogen and oxygen atoms in total. The Bertz CT molecular complexity index is 1430. The summed E-state index contributed by atoms with van der Waals surface area (Å²) in [6.45, 7) is 4.42. The van der Waals surface area contributed by atoms with E-state index in [1.54, 1.807) is 32.1 Å². The number of nitrogens with one attached hydrogen (secondary N) is 1. The number of methoxy groups -OCH3 is 3. The topological polar surface area (TPSA) is 107 Å². The largest absolute Gasteiger partial charge is 0.497 e. The van der Waals surface area contributed by atoms with E-state index in [4.69, 9.17) is 14.2 Å². The molecule has 2 aromatic heterocycles. The van der Waals surface area contributed by atoms with Gasteiger partial charge in [0.25, 0.3) is 5.56 Å². The number of aromatic amines is 1. The Morgan fingerprint density at radius 1 is 1.05 bits per heavy atom. The number of piperidine rings is 1. The lowest BCUT2D eigenvalue weighted by molar-refractivity contribution is 0.141. The summed E-state index contributed by atoms with van der Waals surface area (Å²) in [5.74, 6) is 3.08. The summed E-state index contributed by atoms with van der Waals surface area (Å²) in [6.07, 6.45) is 2.21. The van der Waals surface area contributed by atoms with Gasteiger partial charge in [-0.25, -0.2) is 4.68 Å². The highest BCUT2D eigenvalue weighted by atomic mass is 16.5. The third-order valence-corrected chi connectivity index (χ3v) is 7.02. The van der Waals surface area contributed by atoms with Crippen LogP contribution in [-0.2, 0) is 6.54 Å². The van der Waals surface area contributed by atoms with Crippen LogP contribution >= 0.6 is 0 Å². The van der Waals surface area contributed by atoms with Crippen molar-refractivity contribution in [3.63, 3.8) is 0 Å². The lowest BCUT2D eigenvalue weighted by Crippen LogP contribution is -2.41. The van der Waals surface area contributed by atoms with Crippen LogP contribution in [0.4, 0.5) is 0 Å². The van der Waals surface area contributed by atoms with Crippen LogP contribution in [0.3, 0.4) is 0 Å². The molecule has 37 heavy (non-hydrogen) atoms. The molecule has 1 N–H and O–H groups in total. The Kier molecular flexibility index (Phi) is 7.09. The van der Waals surface area contributed by atoms with E-state index >= 15 is 0 Å². The minimum atomic E-state index is -0.405. The van der Waals surface area contributed by atoms with Crippen molar-refractivity contribution in [1.29, 1.82) is 0 Å². The highest BCUT2D eigenvalue weighted by Gasteiger charge is 2.33.